The van der Waals surface area contributed by atoms with Crippen molar-refractivity contribution in [1.82, 2.24) is 16.0 Å². The molecule has 1 aromatic carbocycles. The molecule has 0 aliphatic heterocycles. The Labute approximate surface area is 158 Å². The number of benzene rings is 1. The second-order valence-electron chi connectivity index (χ2n) is 6.41. The van der Waals surface area contributed by atoms with Crippen LogP contribution in [0, 0.1) is 5.92 Å². The summed E-state index contributed by atoms with van der Waals surface area (Å²) >= 11 is 0. The Hall–Kier alpha value is -2.59. The van der Waals surface area contributed by atoms with Crippen LogP contribution in [0.15, 0.2) is 30.3 Å². The lowest BCUT2D eigenvalue weighted by Crippen LogP contribution is -2.50. The van der Waals surface area contributed by atoms with Gasteiger partial charge < -0.3 is 30.7 Å². The van der Waals surface area contributed by atoms with Crippen molar-refractivity contribution in [1.29, 1.82) is 0 Å². The van der Waals surface area contributed by atoms with Gasteiger partial charge >= 0.3 is 13.2 Å². The molecule has 9 nitrogen and oxygen atoms in total. The fourth-order valence-corrected chi connectivity index (χ4v) is 2.19. The van der Waals surface area contributed by atoms with Crippen LogP contribution in [0.25, 0.3) is 0 Å². The first-order valence-corrected chi connectivity index (χ1v) is 8.64. The van der Waals surface area contributed by atoms with Gasteiger partial charge in [0.05, 0.1) is 12.5 Å². The number of amides is 3. The number of ether oxygens (including phenoxy) is 1. The molecule has 0 aromatic heterocycles. The van der Waals surface area contributed by atoms with Crippen molar-refractivity contribution in [2.75, 3.05) is 13.1 Å². The molecule has 148 valence electrons. The SMILES string of the molecule is CC(C)C[C@H](NC(=O)CNC(=O)CNC(=O)OCc1ccccc1)B(O)O. The minimum atomic E-state index is -1.69. The first-order valence-electron chi connectivity index (χ1n) is 8.64. The molecular formula is C17H26BN3O6. The summed E-state index contributed by atoms with van der Waals surface area (Å²) in [6.07, 6.45) is -0.370. The molecule has 10 heteroatoms. The van der Waals surface area contributed by atoms with Crippen molar-refractivity contribution in [2.45, 2.75) is 32.8 Å². The monoisotopic (exact) mass is 379 g/mol. The highest BCUT2D eigenvalue weighted by atomic mass is 16.5. The van der Waals surface area contributed by atoms with Gasteiger partial charge in [0.25, 0.3) is 0 Å². The molecule has 0 saturated heterocycles. The highest BCUT2D eigenvalue weighted by molar-refractivity contribution is 6.43. The Bertz CT molecular complexity index is 612. The molecule has 0 bridgehead atoms. The maximum atomic E-state index is 11.8. The molecule has 0 unspecified atom stereocenters. The van der Waals surface area contributed by atoms with Crippen LogP contribution < -0.4 is 16.0 Å². The first kappa shape index (κ1) is 22.5. The molecule has 1 atom stereocenters. The molecule has 0 aliphatic rings. The molecule has 0 fully saturated rings. The second-order valence-corrected chi connectivity index (χ2v) is 6.41. The Morgan fingerprint density at radius 3 is 2.26 bits per heavy atom. The molecule has 0 spiro atoms. The van der Waals surface area contributed by atoms with Crippen molar-refractivity contribution in [2.24, 2.45) is 5.92 Å². The lowest BCUT2D eigenvalue weighted by Gasteiger charge is -2.19. The number of hydrogen-bond acceptors (Lipinski definition) is 6. The zero-order valence-corrected chi connectivity index (χ0v) is 15.5. The van der Waals surface area contributed by atoms with Gasteiger partial charge in [0.2, 0.25) is 11.8 Å². The Kier molecular flexibility index (Phi) is 9.91. The molecule has 0 radical (unpaired) electrons. The molecule has 1 rings (SSSR count). The Balaban J connectivity index is 2.23. The van der Waals surface area contributed by atoms with Gasteiger partial charge in [-0.15, -0.1) is 0 Å². The first-order chi connectivity index (χ1) is 12.8. The van der Waals surface area contributed by atoms with Gasteiger partial charge in [-0.2, -0.15) is 0 Å². The number of carbonyl (C=O) groups is 3. The molecule has 0 heterocycles. The fraction of sp³-hybridized carbons (Fsp3) is 0.471. The van der Waals surface area contributed by atoms with E-state index in [1.54, 1.807) is 12.1 Å². The van der Waals surface area contributed by atoms with E-state index in [2.05, 4.69) is 16.0 Å². The van der Waals surface area contributed by atoms with Crippen LogP contribution in [0.1, 0.15) is 25.8 Å². The van der Waals surface area contributed by atoms with E-state index in [0.29, 0.717) is 6.42 Å². The summed E-state index contributed by atoms with van der Waals surface area (Å²) in [5.74, 6) is -1.81. The average Bonchev–Trinajstić information content (AvgIpc) is 2.62. The quantitative estimate of drug-likeness (QED) is 0.350. The summed E-state index contributed by atoms with van der Waals surface area (Å²) in [5.41, 5.74) is 0.816. The van der Waals surface area contributed by atoms with Gasteiger partial charge in [0.1, 0.15) is 13.2 Å². The minimum absolute atomic E-state index is 0.0808. The number of carbonyl (C=O) groups excluding carboxylic acids is 3. The Morgan fingerprint density at radius 1 is 1.04 bits per heavy atom. The smallest absolute Gasteiger partial charge is 0.445 e. The van der Waals surface area contributed by atoms with Gasteiger partial charge in [0, 0.05) is 0 Å². The lowest BCUT2D eigenvalue weighted by atomic mass is 9.75. The van der Waals surface area contributed by atoms with Crippen molar-refractivity contribution >= 4 is 25.0 Å². The van der Waals surface area contributed by atoms with E-state index >= 15 is 0 Å². The topological polar surface area (TPSA) is 137 Å². The summed E-state index contributed by atoms with van der Waals surface area (Å²) in [7, 11) is -1.69. The van der Waals surface area contributed by atoms with Gasteiger partial charge in [-0.1, -0.05) is 44.2 Å². The van der Waals surface area contributed by atoms with Crippen LogP contribution in [-0.2, 0) is 20.9 Å². The summed E-state index contributed by atoms with van der Waals surface area (Å²) in [6.45, 7) is 3.15. The van der Waals surface area contributed by atoms with E-state index in [1.165, 1.54) is 0 Å². The highest BCUT2D eigenvalue weighted by Gasteiger charge is 2.26. The molecule has 0 saturated carbocycles. The van der Waals surface area contributed by atoms with Crippen LogP contribution in [0.3, 0.4) is 0 Å². The largest absolute Gasteiger partial charge is 0.475 e. The van der Waals surface area contributed by atoms with Crippen molar-refractivity contribution in [3.05, 3.63) is 35.9 Å². The number of hydrogen-bond donors (Lipinski definition) is 5. The predicted molar refractivity (Wildman–Crippen MR) is 99.2 cm³/mol. The van der Waals surface area contributed by atoms with E-state index < -0.39 is 31.0 Å². The van der Waals surface area contributed by atoms with E-state index in [4.69, 9.17) is 4.74 Å². The highest BCUT2D eigenvalue weighted by Crippen LogP contribution is 2.05. The summed E-state index contributed by atoms with van der Waals surface area (Å²) in [4.78, 5) is 35.0. The van der Waals surface area contributed by atoms with Gasteiger partial charge in [-0.25, -0.2) is 4.79 Å². The van der Waals surface area contributed by atoms with E-state index in [-0.39, 0.29) is 25.6 Å². The predicted octanol–water partition coefficient (Wildman–Crippen LogP) is -0.428. The third-order valence-corrected chi connectivity index (χ3v) is 3.48. The van der Waals surface area contributed by atoms with Crippen LogP contribution in [0.5, 0.6) is 0 Å². The van der Waals surface area contributed by atoms with Crippen molar-refractivity contribution < 1.29 is 29.2 Å². The van der Waals surface area contributed by atoms with Crippen LogP contribution in [-0.4, -0.2) is 54.1 Å². The van der Waals surface area contributed by atoms with E-state index in [0.717, 1.165) is 5.56 Å². The molecule has 5 N–H and O–H groups in total. The summed E-state index contributed by atoms with van der Waals surface area (Å²) in [5, 5.41) is 25.6. The fourth-order valence-electron chi connectivity index (χ4n) is 2.19. The molecule has 1 aromatic rings. The third kappa shape index (κ3) is 10.2. The standard InChI is InChI=1S/C17H26BN3O6/c1-12(2)8-14(18(25)26)21-16(23)10-19-15(22)9-20-17(24)27-11-13-6-4-3-5-7-13/h3-7,12,14,25-26H,8-11H2,1-2H3,(H,19,22)(H,20,24)(H,21,23)/t14-/m0/s1. The van der Waals surface area contributed by atoms with Gasteiger partial charge in [0.15, 0.2) is 0 Å². The normalized spacial score (nSPS) is 11.4. The lowest BCUT2D eigenvalue weighted by molar-refractivity contribution is -0.125. The summed E-state index contributed by atoms with van der Waals surface area (Å²) < 4.78 is 4.96. The molecule has 27 heavy (non-hydrogen) atoms. The maximum absolute atomic E-state index is 11.8. The molecule has 0 aliphatic carbocycles. The van der Waals surface area contributed by atoms with Crippen LogP contribution in [0.4, 0.5) is 4.79 Å². The van der Waals surface area contributed by atoms with Crippen LogP contribution in [0.2, 0.25) is 0 Å². The van der Waals surface area contributed by atoms with Gasteiger partial charge in [-0.05, 0) is 17.9 Å². The van der Waals surface area contributed by atoms with Crippen LogP contribution >= 0.6 is 0 Å². The zero-order valence-electron chi connectivity index (χ0n) is 15.5. The minimum Gasteiger partial charge on any atom is -0.445 e. The van der Waals surface area contributed by atoms with Gasteiger partial charge in [-0.3, -0.25) is 9.59 Å². The zero-order chi connectivity index (χ0) is 20.2. The van der Waals surface area contributed by atoms with E-state index in [9.17, 15) is 24.4 Å². The third-order valence-electron chi connectivity index (χ3n) is 3.48. The Morgan fingerprint density at radius 2 is 1.67 bits per heavy atom. The van der Waals surface area contributed by atoms with Crippen molar-refractivity contribution in [3.8, 4) is 0 Å². The number of alkyl carbamates (subject to hydrolysis) is 1. The van der Waals surface area contributed by atoms with E-state index in [1.807, 2.05) is 32.0 Å². The number of rotatable bonds is 10. The molecule has 3 amide bonds. The summed E-state index contributed by atoms with van der Waals surface area (Å²) in [6, 6.07) is 9.08. The number of nitrogens with one attached hydrogen (secondary N) is 3. The molecular weight excluding hydrogens is 353 g/mol. The second kappa shape index (κ2) is 11.9. The van der Waals surface area contributed by atoms with Crippen molar-refractivity contribution in [3.63, 3.8) is 0 Å². The average molecular weight is 379 g/mol. The maximum Gasteiger partial charge on any atom is 0.475 e.